The average molecular weight is 343 g/mol. The molecule has 1 fully saturated rings. The van der Waals surface area contributed by atoms with Gasteiger partial charge < -0.3 is 10.1 Å². The fourth-order valence-electron chi connectivity index (χ4n) is 2.20. The van der Waals surface area contributed by atoms with Gasteiger partial charge in [-0.1, -0.05) is 6.07 Å². The fourth-order valence-corrected chi connectivity index (χ4v) is 2.79. The second-order valence-corrected chi connectivity index (χ2v) is 5.61. The van der Waals surface area contributed by atoms with E-state index in [0.717, 1.165) is 19.3 Å². The van der Waals surface area contributed by atoms with Crippen LogP contribution < -0.4 is 5.32 Å². The molecule has 1 aliphatic rings. The summed E-state index contributed by atoms with van der Waals surface area (Å²) in [6, 6.07) is 4.39. The summed E-state index contributed by atoms with van der Waals surface area (Å²) < 4.78 is 5.61. The number of hydrogen-bond acceptors (Lipinski definition) is 4. The molecule has 0 radical (unpaired) electrons. The Bertz CT molecular complexity index is 538. The van der Waals surface area contributed by atoms with E-state index in [0.29, 0.717) is 6.54 Å². The van der Waals surface area contributed by atoms with Crippen LogP contribution in [0.2, 0.25) is 0 Å². The van der Waals surface area contributed by atoms with E-state index in [9.17, 15) is 14.9 Å². The molecule has 1 aliphatic carbocycles. The maximum absolute atomic E-state index is 12.1. The maximum Gasteiger partial charge on any atom is 0.284 e. The third-order valence-corrected chi connectivity index (χ3v) is 4.52. The van der Waals surface area contributed by atoms with Crippen molar-refractivity contribution in [1.82, 2.24) is 5.32 Å². The second kappa shape index (κ2) is 5.88. The first-order chi connectivity index (χ1) is 9.49. The zero-order valence-electron chi connectivity index (χ0n) is 11.0. The molecule has 1 aromatic carbocycles. The summed E-state index contributed by atoms with van der Waals surface area (Å²) in [7, 11) is 1.63. The van der Waals surface area contributed by atoms with E-state index in [1.54, 1.807) is 13.2 Å². The highest BCUT2D eigenvalue weighted by molar-refractivity contribution is 9.10. The van der Waals surface area contributed by atoms with Gasteiger partial charge in [-0.05, 0) is 41.3 Å². The predicted molar refractivity (Wildman–Crippen MR) is 76.7 cm³/mol. The van der Waals surface area contributed by atoms with E-state index in [4.69, 9.17) is 4.74 Å². The molecule has 0 spiro atoms. The normalized spacial score (nSPS) is 16.3. The molecular formula is C13H15BrN2O4. The highest BCUT2D eigenvalue weighted by atomic mass is 79.9. The van der Waals surface area contributed by atoms with Crippen LogP contribution in [0.25, 0.3) is 0 Å². The smallest absolute Gasteiger partial charge is 0.284 e. The Kier molecular flexibility index (Phi) is 4.39. The van der Waals surface area contributed by atoms with Crippen LogP contribution >= 0.6 is 15.9 Å². The molecule has 6 nitrogen and oxygen atoms in total. The minimum Gasteiger partial charge on any atom is -0.376 e. The van der Waals surface area contributed by atoms with E-state index < -0.39 is 4.92 Å². The van der Waals surface area contributed by atoms with Crippen molar-refractivity contribution in [2.45, 2.75) is 24.9 Å². The lowest BCUT2D eigenvalue weighted by molar-refractivity contribution is -0.385. The monoisotopic (exact) mass is 342 g/mol. The Labute approximate surface area is 124 Å². The van der Waals surface area contributed by atoms with Crippen molar-refractivity contribution in [1.29, 1.82) is 0 Å². The third kappa shape index (κ3) is 2.83. The van der Waals surface area contributed by atoms with Gasteiger partial charge in [0.1, 0.15) is 4.47 Å². The van der Waals surface area contributed by atoms with Gasteiger partial charge in [0.05, 0.1) is 16.1 Å². The van der Waals surface area contributed by atoms with Crippen molar-refractivity contribution >= 4 is 27.5 Å². The lowest BCUT2D eigenvalue weighted by atomic mass is 9.80. The number of carbonyl (C=O) groups is 1. The van der Waals surface area contributed by atoms with Gasteiger partial charge in [-0.25, -0.2) is 0 Å². The summed E-state index contributed by atoms with van der Waals surface area (Å²) in [5, 5.41) is 13.6. The standard InChI is InChI=1S/C13H15BrN2O4/c1-20-13(6-3-7-13)8-15-12(17)9-4-2-5-10(11(9)14)16(18)19/h2,4-5H,3,6-8H2,1H3,(H,15,17). The second-order valence-electron chi connectivity index (χ2n) is 4.82. The van der Waals surface area contributed by atoms with Crippen molar-refractivity contribution < 1.29 is 14.5 Å². The van der Waals surface area contributed by atoms with Crippen molar-refractivity contribution in [3.05, 3.63) is 38.3 Å². The van der Waals surface area contributed by atoms with Crippen LogP contribution in [0.3, 0.4) is 0 Å². The molecule has 0 bridgehead atoms. The summed E-state index contributed by atoms with van der Waals surface area (Å²) in [4.78, 5) is 22.4. The number of amides is 1. The molecule has 0 aromatic heterocycles. The molecule has 1 amide bonds. The minimum absolute atomic E-state index is 0.122. The summed E-state index contributed by atoms with van der Waals surface area (Å²) in [5.74, 6) is -0.344. The molecule has 20 heavy (non-hydrogen) atoms. The lowest BCUT2D eigenvalue weighted by Crippen LogP contribution is -2.49. The number of benzene rings is 1. The number of nitrogens with zero attached hydrogens (tertiary/aromatic N) is 1. The van der Waals surface area contributed by atoms with Crippen LogP contribution in [-0.4, -0.2) is 30.1 Å². The number of nitrogens with one attached hydrogen (secondary N) is 1. The molecule has 1 aromatic rings. The first kappa shape index (κ1) is 14.9. The Morgan fingerprint density at radius 2 is 2.25 bits per heavy atom. The number of ether oxygens (including phenoxy) is 1. The van der Waals surface area contributed by atoms with Crippen LogP contribution in [0.15, 0.2) is 22.7 Å². The minimum atomic E-state index is -0.524. The zero-order chi connectivity index (χ0) is 14.8. The number of methoxy groups -OCH3 is 1. The summed E-state index contributed by atoms with van der Waals surface area (Å²) in [6.07, 6.45) is 2.92. The lowest BCUT2D eigenvalue weighted by Gasteiger charge is -2.40. The molecule has 7 heteroatoms. The van der Waals surface area contributed by atoms with Crippen molar-refractivity contribution in [3.8, 4) is 0 Å². The number of nitro groups is 1. The first-order valence-corrected chi connectivity index (χ1v) is 7.05. The van der Waals surface area contributed by atoms with E-state index in [-0.39, 0.29) is 27.2 Å². The van der Waals surface area contributed by atoms with Crippen LogP contribution in [0.4, 0.5) is 5.69 Å². The van der Waals surface area contributed by atoms with Gasteiger partial charge in [-0.2, -0.15) is 0 Å². The number of carbonyl (C=O) groups excluding carboxylic acids is 1. The van der Waals surface area contributed by atoms with Crippen LogP contribution in [0.5, 0.6) is 0 Å². The fraction of sp³-hybridized carbons (Fsp3) is 0.462. The largest absolute Gasteiger partial charge is 0.376 e. The number of halogens is 1. The molecule has 2 rings (SSSR count). The highest BCUT2D eigenvalue weighted by Gasteiger charge is 2.37. The molecule has 0 unspecified atom stereocenters. The maximum atomic E-state index is 12.1. The van der Waals surface area contributed by atoms with Crippen LogP contribution in [0, 0.1) is 10.1 Å². The quantitative estimate of drug-likeness (QED) is 0.658. The van der Waals surface area contributed by atoms with Gasteiger partial charge in [0, 0.05) is 19.7 Å². The van der Waals surface area contributed by atoms with Gasteiger partial charge in [-0.3, -0.25) is 14.9 Å². The van der Waals surface area contributed by atoms with E-state index in [1.165, 1.54) is 12.1 Å². The van der Waals surface area contributed by atoms with Gasteiger partial charge >= 0.3 is 0 Å². The Balaban J connectivity index is 2.10. The first-order valence-electron chi connectivity index (χ1n) is 6.25. The molecule has 0 heterocycles. The molecule has 0 aliphatic heterocycles. The molecule has 0 saturated heterocycles. The Morgan fingerprint density at radius 1 is 1.55 bits per heavy atom. The summed E-state index contributed by atoms with van der Waals surface area (Å²) in [6.45, 7) is 0.414. The third-order valence-electron chi connectivity index (χ3n) is 3.69. The van der Waals surface area contributed by atoms with Gasteiger partial charge in [-0.15, -0.1) is 0 Å². The molecule has 1 N–H and O–H groups in total. The predicted octanol–water partition coefficient (Wildman–Crippen LogP) is 2.66. The zero-order valence-corrected chi connectivity index (χ0v) is 12.6. The number of hydrogen-bond donors (Lipinski definition) is 1. The van der Waals surface area contributed by atoms with E-state index in [1.807, 2.05) is 0 Å². The van der Waals surface area contributed by atoms with Crippen molar-refractivity contribution in [3.63, 3.8) is 0 Å². The van der Waals surface area contributed by atoms with Gasteiger partial charge in [0.25, 0.3) is 11.6 Å². The topological polar surface area (TPSA) is 81.5 Å². The molecule has 108 valence electrons. The van der Waals surface area contributed by atoms with Gasteiger partial charge in [0.2, 0.25) is 0 Å². The highest BCUT2D eigenvalue weighted by Crippen LogP contribution is 2.34. The Hall–Kier alpha value is -1.47. The molecule has 1 saturated carbocycles. The van der Waals surface area contributed by atoms with Crippen molar-refractivity contribution in [2.75, 3.05) is 13.7 Å². The van der Waals surface area contributed by atoms with E-state index >= 15 is 0 Å². The Morgan fingerprint density at radius 3 is 2.75 bits per heavy atom. The molecule has 0 atom stereocenters. The van der Waals surface area contributed by atoms with Gasteiger partial charge in [0.15, 0.2) is 0 Å². The summed E-state index contributed by atoms with van der Waals surface area (Å²) >= 11 is 3.12. The van der Waals surface area contributed by atoms with E-state index in [2.05, 4.69) is 21.2 Å². The molecular weight excluding hydrogens is 328 g/mol. The SMILES string of the molecule is COC1(CNC(=O)c2cccc([N+](=O)[O-])c2Br)CCC1. The average Bonchev–Trinajstić information content (AvgIpc) is 2.37. The number of nitro benzene ring substituents is 1. The van der Waals surface area contributed by atoms with Crippen LogP contribution in [-0.2, 0) is 4.74 Å². The summed E-state index contributed by atoms with van der Waals surface area (Å²) in [5.41, 5.74) is -0.143. The van der Waals surface area contributed by atoms with Crippen molar-refractivity contribution in [2.24, 2.45) is 0 Å². The van der Waals surface area contributed by atoms with Crippen LogP contribution in [0.1, 0.15) is 29.6 Å². The number of rotatable bonds is 5.